The first-order chi connectivity index (χ1) is 17.0. The highest BCUT2D eigenvalue weighted by Crippen LogP contribution is 2.32. The highest BCUT2D eigenvalue weighted by atomic mass is 35.5. The molecular weight excluding hydrogens is 466 g/mol. The second-order valence-electron chi connectivity index (χ2n) is 8.22. The van der Waals surface area contributed by atoms with E-state index in [0.29, 0.717) is 71.2 Å². The fraction of sp³-hybridized carbons (Fsp3) is 0.240. The summed E-state index contributed by atoms with van der Waals surface area (Å²) in [5.74, 6) is 3.21. The number of carbonyl (C=O) groups is 1. The molecule has 178 valence electrons. The monoisotopic (exact) mass is 489 g/mol. The average Bonchev–Trinajstić information content (AvgIpc) is 3.25. The van der Waals surface area contributed by atoms with Crippen molar-refractivity contribution in [1.29, 1.82) is 0 Å². The Balaban J connectivity index is 1.31. The van der Waals surface area contributed by atoms with Crippen molar-refractivity contribution in [1.82, 2.24) is 25.0 Å². The van der Waals surface area contributed by atoms with E-state index < -0.39 is 0 Å². The number of anilines is 3. The molecule has 5 rings (SSSR count). The quantitative estimate of drug-likeness (QED) is 0.437. The number of benzene rings is 1. The minimum absolute atomic E-state index is 0.116. The standard InChI is InChI=1S/C25H24ClN7O2/c1-16-23(24(31-35-16)18-7-3-4-8-19(18)26)25(34)33-13-11-32(12-14-33)22-15-21(28-17(2)29-22)30-20-9-5-6-10-27-20/h3-10,15H,11-14H2,1-2H3,(H,27,28,29,30). The molecule has 0 bridgehead atoms. The Morgan fingerprint density at radius 1 is 1.00 bits per heavy atom. The van der Waals surface area contributed by atoms with Gasteiger partial charge in [-0.2, -0.15) is 0 Å². The number of amides is 1. The molecule has 0 saturated carbocycles. The Hall–Kier alpha value is -3.98. The molecular formula is C25H24ClN7O2. The Morgan fingerprint density at radius 3 is 2.51 bits per heavy atom. The van der Waals surface area contributed by atoms with Gasteiger partial charge in [-0.25, -0.2) is 15.0 Å². The van der Waals surface area contributed by atoms with Crippen LogP contribution in [0.3, 0.4) is 0 Å². The number of hydrogen-bond acceptors (Lipinski definition) is 8. The molecule has 1 saturated heterocycles. The van der Waals surface area contributed by atoms with Crippen LogP contribution in [0.2, 0.25) is 5.02 Å². The van der Waals surface area contributed by atoms with Crippen LogP contribution in [-0.2, 0) is 0 Å². The smallest absolute Gasteiger partial charge is 0.259 e. The van der Waals surface area contributed by atoms with E-state index in [-0.39, 0.29) is 5.91 Å². The molecule has 1 fully saturated rings. The van der Waals surface area contributed by atoms with E-state index in [9.17, 15) is 4.79 Å². The first kappa shape index (κ1) is 22.8. The van der Waals surface area contributed by atoms with Crippen LogP contribution >= 0.6 is 11.6 Å². The van der Waals surface area contributed by atoms with Gasteiger partial charge in [-0.05, 0) is 32.0 Å². The van der Waals surface area contributed by atoms with Crippen molar-refractivity contribution < 1.29 is 9.32 Å². The van der Waals surface area contributed by atoms with E-state index in [0.717, 1.165) is 5.82 Å². The molecule has 0 aliphatic carbocycles. The molecule has 10 heteroatoms. The fourth-order valence-corrected chi connectivity index (χ4v) is 4.33. The molecule has 3 aromatic heterocycles. The lowest BCUT2D eigenvalue weighted by Gasteiger charge is -2.35. The van der Waals surface area contributed by atoms with Gasteiger partial charge in [-0.1, -0.05) is 41.0 Å². The number of carbonyl (C=O) groups excluding carboxylic acids is 1. The number of nitrogens with one attached hydrogen (secondary N) is 1. The summed E-state index contributed by atoms with van der Waals surface area (Å²) in [6.07, 6.45) is 1.72. The number of pyridine rings is 1. The van der Waals surface area contributed by atoms with Crippen molar-refractivity contribution in [3.05, 3.63) is 76.9 Å². The molecule has 1 aromatic carbocycles. The first-order valence-electron chi connectivity index (χ1n) is 11.3. The number of rotatable bonds is 5. The van der Waals surface area contributed by atoms with Gasteiger partial charge in [0.2, 0.25) is 0 Å². The molecule has 0 spiro atoms. The van der Waals surface area contributed by atoms with Crippen LogP contribution < -0.4 is 10.2 Å². The molecule has 9 nitrogen and oxygen atoms in total. The summed E-state index contributed by atoms with van der Waals surface area (Å²) in [5.41, 5.74) is 1.60. The van der Waals surface area contributed by atoms with Crippen LogP contribution in [0.15, 0.2) is 59.3 Å². The molecule has 1 N–H and O–H groups in total. The van der Waals surface area contributed by atoms with Gasteiger partial charge < -0.3 is 19.6 Å². The van der Waals surface area contributed by atoms with Crippen molar-refractivity contribution in [3.63, 3.8) is 0 Å². The number of halogens is 1. The lowest BCUT2D eigenvalue weighted by molar-refractivity contribution is 0.0745. The topological polar surface area (TPSA) is 100 Å². The van der Waals surface area contributed by atoms with E-state index in [1.54, 1.807) is 19.2 Å². The average molecular weight is 490 g/mol. The number of hydrogen-bond donors (Lipinski definition) is 1. The Labute approximate surface area is 207 Å². The lowest BCUT2D eigenvalue weighted by Crippen LogP contribution is -2.49. The van der Waals surface area contributed by atoms with Gasteiger partial charge >= 0.3 is 0 Å². The number of aromatic nitrogens is 4. The van der Waals surface area contributed by atoms with Crippen LogP contribution in [0, 0.1) is 13.8 Å². The Morgan fingerprint density at radius 2 is 1.77 bits per heavy atom. The van der Waals surface area contributed by atoms with E-state index >= 15 is 0 Å². The minimum atomic E-state index is -0.116. The van der Waals surface area contributed by atoms with Gasteiger partial charge in [-0.15, -0.1) is 0 Å². The van der Waals surface area contributed by atoms with Gasteiger partial charge in [0, 0.05) is 44.0 Å². The zero-order valence-electron chi connectivity index (χ0n) is 19.4. The largest absolute Gasteiger partial charge is 0.360 e. The van der Waals surface area contributed by atoms with Crippen LogP contribution in [0.25, 0.3) is 11.3 Å². The molecule has 1 amide bonds. The third-order valence-electron chi connectivity index (χ3n) is 5.84. The number of nitrogens with zero attached hydrogens (tertiary/aromatic N) is 6. The Kier molecular flexibility index (Phi) is 6.33. The molecule has 0 atom stereocenters. The lowest BCUT2D eigenvalue weighted by atomic mass is 10.0. The van der Waals surface area contributed by atoms with Crippen molar-refractivity contribution in [2.24, 2.45) is 0 Å². The SMILES string of the molecule is Cc1nc(Nc2ccccn2)cc(N2CCN(C(=O)c3c(-c4ccccc4Cl)noc3C)CC2)n1. The summed E-state index contributed by atoms with van der Waals surface area (Å²) < 4.78 is 5.39. The molecule has 4 heterocycles. The van der Waals surface area contributed by atoms with Crippen molar-refractivity contribution in [2.75, 3.05) is 36.4 Å². The van der Waals surface area contributed by atoms with E-state index in [4.69, 9.17) is 16.1 Å². The summed E-state index contributed by atoms with van der Waals surface area (Å²) >= 11 is 6.36. The van der Waals surface area contributed by atoms with Crippen LogP contribution in [0.1, 0.15) is 21.9 Å². The van der Waals surface area contributed by atoms with Crippen LogP contribution in [0.4, 0.5) is 17.5 Å². The van der Waals surface area contributed by atoms with E-state index in [2.05, 4.69) is 30.3 Å². The first-order valence-corrected chi connectivity index (χ1v) is 11.7. The van der Waals surface area contributed by atoms with Crippen LogP contribution in [-0.4, -0.2) is 57.1 Å². The predicted octanol–water partition coefficient (Wildman–Crippen LogP) is 4.50. The maximum absolute atomic E-state index is 13.5. The van der Waals surface area contributed by atoms with Gasteiger partial charge in [0.1, 0.15) is 40.3 Å². The highest BCUT2D eigenvalue weighted by molar-refractivity contribution is 6.33. The zero-order chi connectivity index (χ0) is 24.4. The molecule has 1 aliphatic heterocycles. The molecule has 35 heavy (non-hydrogen) atoms. The van der Waals surface area contributed by atoms with Crippen LogP contribution in [0.5, 0.6) is 0 Å². The predicted molar refractivity (Wildman–Crippen MR) is 134 cm³/mol. The fourth-order valence-electron chi connectivity index (χ4n) is 4.10. The number of aryl methyl sites for hydroxylation is 2. The van der Waals surface area contributed by atoms with E-state index in [1.165, 1.54) is 0 Å². The molecule has 0 radical (unpaired) electrons. The third kappa shape index (κ3) is 4.81. The Bertz CT molecular complexity index is 1350. The van der Waals surface area contributed by atoms with Crippen molar-refractivity contribution >= 4 is 35.0 Å². The van der Waals surface area contributed by atoms with Gasteiger partial charge in [0.25, 0.3) is 5.91 Å². The highest BCUT2D eigenvalue weighted by Gasteiger charge is 2.29. The number of piperazine rings is 1. The molecule has 1 aliphatic rings. The summed E-state index contributed by atoms with van der Waals surface area (Å²) in [4.78, 5) is 30.8. The second-order valence-corrected chi connectivity index (χ2v) is 8.63. The third-order valence-corrected chi connectivity index (χ3v) is 6.17. The summed E-state index contributed by atoms with van der Waals surface area (Å²) in [7, 11) is 0. The maximum Gasteiger partial charge on any atom is 0.259 e. The molecule has 0 unspecified atom stereocenters. The summed E-state index contributed by atoms with van der Waals surface area (Å²) in [6, 6.07) is 14.9. The van der Waals surface area contributed by atoms with E-state index in [1.807, 2.05) is 54.3 Å². The summed E-state index contributed by atoms with van der Waals surface area (Å²) in [5, 5.41) is 7.88. The maximum atomic E-state index is 13.5. The second kappa shape index (κ2) is 9.71. The van der Waals surface area contributed by atoms with Crippen molar-refractivity contribution in [2.45, 2.75) is 13.8 Å². The van der Waals surface area contributed by atoms with Gasteiger partial charge in [0.15, 0.2) is 0 Å². The summed E-state index contributed by atoms with van der Waals surface area (Å²) in [6.45, 7) is 5.96. The molecule has 4 aromatic rings. The van der Waals surface area contributed by atoms with Gasteiger partial charge in [0.05, 0.1) is 5.02 Å². The van der Waals surface area contributed by atoms with Gasteiger partial charge in [-0.3, -0.25) is 4.79 Å². The zero-order valence-corrected chi connectivity index (χ0v) is 20.2. The van der Waals surface area contributed by atoms with Crippen molar-refractivity contribution in [3.8, 4) is 11.3 Å². The normalized spacial score (nSPS) is 13.7. The minimum Gasteiger partial charge on any atom is -0.360 e.